The van der Waals surface area contributed by atoms with Crippen molar-refractivity contribution in [3.63, 3.8) is 0 Å². The second-order valence-electron chi connectivity index (χ2n) is 14.8. The van der Waals surface area contributed by atoms with Gasteiger partial charge in [-0.3, -0.25) is 13.9 Å². The molecule has 0 bridgehead atoms. The summed E-state index contributed by atoms with van der Waals surface area (Å²) < 4.78 is 8.29. The molecular formula is C47H61N7O4. The minimum absolute atomic E-state index is 0.173. The largest absolute Gasteiger partial charge is 0.508 e. The zero-order valence-corrected chi connectivity index (χ0v) is 35.2. The Balaban J connectivity index is 0.000000223. The van der Waals surface area contributed by atoms with Crippen LogP contribution < -0.4 is 10.5 Å². The number of phenols is 1. The highest BCUT2D eigenvalue weighted by atomic mass is 16.5. The van der Waals surface area contributed by atoms with Crippen LogP contribution in [0, 0.1) is 5.92 Å². The SMILES string of the molecule is C[C@@H](CC(=O)Oc1cccc([C@H](C)N(C)C)c1)Cc1ccccc1.C[C@@H](N)Cc1ccccc1.C[C@@H](c1cccc(O)c1)N(C)C.O=C(n1ccnc1)n1ccnc1. The first-order chi connectivity index (χ1) is 27.7. The molecule has 0 radical (unpaired) electrons. The van der Waals surface area contributed by atoms with Gasteiger partial charge in [0.1, 0.15) is 24.2 Å². The van der Waals surface area contributed by atoms with E-state index in [1.807, 2.05) is 102 Å². The van der Waals surface area contributed by atoms with Crippen molar-refractivity contribution in [1.82, 2.24) is 28.9 Å². The summed E-state index contributed by atoms with van der Waals surface area (Å²) in [5.74, 6) is 1.04. The quantitative estimate of drug-likeness (QED) is 0.0978. The van der Waals surface area contributed by atoms with E-state index in [0.717, 1.165) is 24.0 Å². The molecule has 0 fully saturated rings. The van der Waals surface area contributed by atoms with Crippen molar-refractivity contribution >= 4 is 12.0 Å². The summed E-state index contributed by atoms with van der Waals surface area (Å²) in [6, 6.07) is 36.4. The molecule has 11 heteroatoms. The van der Waals surface area contributed by atoms with E-state index < -0.39 is 0 Å². The van der Waals surface area contributed by atoms with Gasteiger partial charge >= 0.3 is 12.0 Å². The number of hydrogen-bond acceptors (Lipinski definition) is 9. The number of aromatic hydroxyl groups is 1. The number of nitrogens with two attached hydrogens (primary N) is 1. The van der Waals surface area contributed by atoms with Gasteiger partial charge in [0.15, 0.2) is 0 Å². The maximum absolute atomic E-state index is 12.2. The summed E-state index contributed by atoms with van der Waals surface area (Å²) in [6.45, 7) is 8.34. The maximum atomic E-state index is 12.2. The lowest BCUT2D eigenvalue weighted by molar-refractivity contribution is -0.135. The third-order valence-corrected chi connectivity index (χ3v) is 9.27. The molecule has 4 aromatic carbocycles. The Kier molecular flexibility index (Phi) is 19.8. The van der Waals surface area contributed by atoms with Gasteiger partial charge in [0.25, 0.3) is 0 Å². The second-order valence-corrected chi connectivity index (χ2v) is 14.8. The third kappa shape index (κ3) is 17.1. The summed E-state index contributed by atoms with van der Waals surface area (Å²) in [7, 11) is 8.12. The molecule has 4 atom stereocenters. The summed E-state index contributed by atoms with van der Waals surface area (Å²) >= 11 is 0. The van der Waals surface area contributed by atoms with Crippen molar-refractivity contribution in [2.45, 2.75) is 65.1 Å². The molecule has 6 aromatic rings. The van der Waals surface area contributed by atoms with Crippen LogP contribution in [0.5, 0.6) is 11.5 Å². The zero-order valence-electron chi connectivity index (χ0n) is 35.2. The molecule has 0 unspecified atom stereocenters. The number of imidazole rings is 2. The van der Waals surface area contributed by atoms with E-state index >= 15 is 0 Å². The molecule has 0 aliphatic rings. The number of esters is 1. The summed E-state index contributed by atoms with van der Waals surface area (Å²) in [4.78, 5) is 35.4. The minimum atomic E-state index is -0.190. The van der Waals surface area contributed by atoms with Crippen LogP contribution in [0.4, 0.5) is 4.79 Å². The van der Waals surface area contributed by atoms with E-state index in [1.165, 1.54) is 32.9 Å². The lowest BCUT2D eigenvalue weighted by atomic mass is 9.98. The smallest absolute Gasteiger partial charge is 0.338 e. The molecule has 0 saturated heterocycles. The molecule has 0 aliphatic carbocycles. The van der Waals surface area contributed by atoms with Crippen LogP contribution in [-0.4, -0.2) is 80.2 Å². The fourth-order valence-corrected chi connectivity index (χ4v) is 5.63. The Hall–Kier alpha value is -5.88. The van der Waals surface area contributed by atoms with Crippen molar-refractivity contribution in [2.75, 3.05) is 28.2 Å². The van der Waals surface area contributed by atoms with Crippen LogP contribution in [0.15, 0.2) is 147 Å². The molecule has 0 amide bonds. The van der Waals surface area contributed by atoms with Gasteiger partial charge in [0.2, 0.25) is 0 Å². The number of carbonyl (C=O) groups excluding carboxylic acids is 2. The summed E-state index contributed by atoms with van der Waals surface area (Å²) in [6.07, 6.45) is 11.4. The predicted octanol–water partition coefficient (Wildman–Crippen LogP) is 8.67. The van der Waals surface area contributed by atoms with Gasteiger partial charge in [0.05, 0.1) is 0 Å². The maximum Gasteiger partial charge on any atom is 0.338 e. The van der Waals surface area contributed by atoms with E-state index in [-0.39, 0.29) is 30.0 Å². The number of ether oxygens (including phenoxy) is 1. The number of rotatable bonds is 11. The van der Waals surface area contributed by atoms with Crippen LogP contribution in [0.25, 0.3) is 0 Å². The number of benzene rings is 4. The summed E-state index contributed by atoms with van der Waals surface area (Å²) in [5, 5.41) is 9.23. The molecule has 3 N–H and O–H groups in total. The molecule has 0 spiro atoms. The Labute approximate surface area is 344 Å². The van der Waals surface area contributed by atoms with Crippen molar-refractivity contribution in [2.24, 2.45) is 11.7 Å². The van der Waals surface area contributed by atoms with E-state index in [1.54, 1.807) is 36.9 Å². The van der Waals surface area contributed by atoms with Crippen LogP contribution in [0.2, 0.25) is 0 Å². The molecule has 2 aromatic heterocycles. The Morgan fingerprint density at radius 2 is 1.16 bits per heavy atom. The van der Waals surface area contributed by atoms with Crippen molar-refractivity contribution in [3.8, 4) is 11.5 Å². The van der Waals surface area contributed by atoms with Crippen molar-refractivity contribution < 1.29 is 19.4 Å². The highest BCUT2D eigenvalue weighted by molar-refractivity contribution is 5.78. The Morgan fingerprint density at radius 1 is 0.672 bits per heavy atom. The monoisotopic (exact) mass is 787 g/mol. The fraction of sp³-hybridized carbons (Fsp3) is 0.319. The molecule has 58 heavy (non-hydrogen) atoms. The van der Waals surface area contributed by atoms with E-state index in [9.17, 15) is 14.7 Å². The number of aromatic nitrogens is 4. The first kappa shape index (κ1) is 46.5. The zero-order chi connectivity index (χ0) is 42.5. The van der Waals surface area contributed by atoms with Gasteiger partial charge in [-0.15, -0.1) is 0 Å². The molecule has 11 nitrogen and oxygen atoms in total. The van der Waals surface area contributed by atoms with Gasteiger partial charge in [0, 0.05) is 49.3 Å². The van der Waals surface area contributed by atoms with Crippen LogP contribution in [0.1, 0.15) is 68.5 Å². The number of phenolic OH excluding ortho intramolecular Hbond substituents is 1. The van der Waals surface area contributed by atoms with Gasteiger partial charge in [-0.25, -0.2) is 14.8 Å². The molecule has 2 heterocycles. The van der Waals surface area contributed by atoms with Crippen LogP contribution in [0.3, 0.4) is 0 Å². The highest BCUT2D eigenvalue weighted by Crippen LogP contribution is 2.23. The molecule has 6 rings (SSSR count). The lowest BCUT2D eigenvalue weighted by Crippen LogP contribution is -2.17. The fourth-order valence-electron chi connectivity index (χ4n) is 5.63. The van der Waals surface area contributed by atoms with E-state index in [2.05, 4.69) is 70.9 Å². The average Bonchev–Trinajstić information content (AvgIpc) is 3.95. The van der Waals surface area contributed by atoms with Crippen molar-refractivity contribution in [1.29, 1.82) is 0 Å². The number of nitrogens with zero attached hydrogens (tertiary/aromatic N) is 6. The number of hydrogen-bond donors (Lipinski definition) is 2. The highest BCUT2D eigenvalue weighted by Gasteiger charge is 2.14. The standard InChI is InChI=1S/C21H27NO2.C10H15NO.C9H13N.C7H6N4O/c1-16(13-18-9-6-5-7-10-18)14-21(23)24-20-12-8-11-19(15-20)17(2)22(3)4;1-8(11(2)3)9-5-4-6-10(12)7-9;1-8(10)7-9-5-3-2-4-6-9;12-7(10-3-1-8-5-10)11-4-2-9-6-11/h5-12,15-17H,13-14H2,1-4H3;4-8,12H,1-3H3;2-6,8H,7,10H2,1H3;1-6H/t16-,17+;2*8-;/m101./s1. The van der Waals surface area contributed by atoms with E-state index in [4.69, 9.17) is 10.5 Å². The lowest BCUT2D eigenvalue weighted by Gasteiger charge is -2.20. The first-order valence-corrected chi connectivity index (χ1v) is 19.5. The van der Waals surface area contributed by atoms with Crippen LogP contribution >= 0.6 is 0 Å². The first-order valence-electron chi connectivity index (χ1n) is 19.5. The molecule has 0 saturated carbocycles. The number of carbonyl (C=O) groups is 2. The van der Waals surface area contributed by atoms with Gasteiger partial charge < -0.3 is 25.4 Å². The van der Waals surface area contributed by atoms with E-state index in [0.29, 0.717) is 24.0 Å². The van der Waals surface area contributed by atoms with Gasteiger partial charge in [-0.2, -0.15) is 0 Å². The average molecular weight is 788 g/mol. The Bertz CT molecular complexity index is 1980. The molecule has 308 valence electrons. The third-order valence-electron chi connectivity index (χ3n) is 9.27. The normalized spacial score (nSPS) is 12.7. The minimum Gasteiger partial charge on any atom is -0.508 e. The topological polar surface area (TPSA) is 132 Å². The van der Waals surface area contributed by atoms with Gasteiger partial charge in [-0.1, -0.05) is 91.9 Å². The predicted molar refractivity (Wildman–Crippen MR) is 233 cm³/mol. The Morgan fingerprint density at radius 3 is 1.60 bits per heavy atom. The second kappa shape index (κ2) is 24.7. The van der Waals surface area contributed by atoms with Crippen molar-refractivity contribution in [3.05, 3.63) is 169 Å². The van der Waals surface area contributed by atoms with Gasteiger partial charge in [-0.05, 0) is 114 Å². The molecule has 0 aliphatic heterocycles. The van der Waals surface area contributed by atoms with Crippen LogP contribution in [-0.2, 0) is 17.6 Å². The summed E-state index contributed by atoms with van der Waals surface area (Å²) in [5.41, 5.74) is 10.5. The molecular weight excluding hydrogens is 727 g/mol.